The first-order valence-corrected chi connectivity index (χ1v) is 4.20. The van der Waals surface area contributed by atoms with Crippen LogP contribution in [-0.2, 0) is 6.42 Å². The van der Waals surface area contributed by atoms with Gasteiger partial charge in [0.25, 0.3) is 0 Å². The fourth-order valence-electron chi connectivity index (χ4n) is 1.45. The van der Waals surface area contributed by atoms with Crippen LogP contribution in [0, 0.1) is 0 Å². The van der Waals surface area contributed by atoms with Gasteiger partial charge in [-0.25, -0.2) is 0 Å². The van der Waals surface area contributed by atoms with E-state index >= 15 is 0 Å². The van der Waals surface area contributed by atoms with E-state index in [1.54, 1.807) is 6.07 Å². The fourth-order valence-corrected chi connectivity index (χ4v) is 1.45. The van der Waals surface area contributed by atoms with E-state index in [9.17, 15) is 4.79 Å². The highest BCUT2D eigenvalue weighted by atomic mass is 16.1. The van der Waals surface area contributed by atoms with Crippen molar-refractivity contribution in [2.75, 3.05) is 6.54 Å². The lowest BCUT2D eigenvalue weighted by molar-refractivity contribution is 0.1000. The van der Waals surface area contributed by atoms with Crippen LogP contribution >= 0.6 is 0 Å². The van der Waals surface area contributed by atoms with Crippen molar-refractivity contribution in [3.05, 3.63) is 34.9 Å². The molecule has 1 heterocycles. The number of carbonyl (C=O) groups excluding carboxylic acids is 1. The summed E-state index contributed by atoms with van der Waals surface area (Å²) in [6, 6.07) is 5.47. The summed E-state index contributed by atoms with van der Waals surface area (Å²) in [5.74, 6) is -0.370. The van der Waals surface area contributed by atoms with Crippen LogP contribution < -0.4 is 5.73 Å². The first-order valence-electron chi connectivity index (χ1n) is 4.20. The van der Waals surface area contributed by atoms with Crippen LogP contribution in [0.5, 0.6) is 0 Å². The second-order valence-electron chi connectivity index (χ2n) is 3.06. The minimum Gasteiger partial charge on any atom is -0.366 e. The van der Waals surface area contributed by atoms with Crippen LogP contribution in [0.25, 0.3) is 0 Å². The minimum atomic E-state index is -0.370. The quantitative estimate of drug-likeness (QED) is 0.671. The molecule has 13 heavy (non-hydrogen) atoms. The maximum Gasteiger partial charge on any atom is 0.248 e. The number of aliphatic imine (C=N–C) groups is 1. The van der Waals surface area contributed by atoms with E-state index in [1.165, 1.54) is 0 Å². The molecule has 1 aromatic rings. The van der Waals surface area contributed by atoms with Gasteiger partial charge in [0.1, 0.15) is 0 Å². The zero-order valence-corrected chi connectivity index (χ0v) is 7.16. The summed E-state index contributed by atoms with van der Waals surface area (Å²) in [5.41, 5.74) is 8.00. The van der Waals surface area contributed by atoms with Gasteiger partial charge in [0.2, 0.25) is 5.91 Å². The van der Waals surface area contributed by atoms with Crippen LogP contribution in [0.1, 0.15) is 21.5 Å². The van der Waals surface area contributed by atoms with Gasteiger partial charge in [-0.15, -0.1) is 0 Å². The third-order valence-electron chi connectivity index (χ3n) is 2.17. The van der Waals surface area contributed by atoms with E-state index in [0.717, 1.165) is 24.1 Å². The van der Waals surface area contributed by atoms with Crippen LogP contribution in [0.2, 0.25) is 0 Å². The number of primary amides is 1. The Morgan fingerprint density at radius 2 is 2.31 bits per heavy atom. The molecular formula is C10H10N2O. The van der Waals surface area contributed by atoms with Crippen molar-refractivity contribution in [2.24, 2.45) is 10.7 Å². The van der Waals surface area contributed by atoms with Crippen molar-refractivity contribution in [3.8, 4) is 0 Å². The molecule has 1 aliphatic rings. The fraction of sp³-hybridized carbons (Fsp3) is 0.200. The summed E-state index contributed by atoms with van der Waals surface area (Å²) >= 11 is 0. The summed E-state index contributed by atoms with van der Waals surface area (Å²) in [5, 5.41) is 0. The first-order chi connectivity index (χ1) is 6.27. The Balaban J connectivity index is 2.48. The molecule has 1 aliphatic heterocycles. The lowest BCUT2D eigenvalue weighted by atomic mass is 10.00. The van der Waals surface area contributed by atoms with Crippen molar-refractivity contribution in [3.63, 3.8) is 0 Å². The molecule has 0 unspecified atom stereocenters. The molecule has 1 amide bonds. The topological polar surface area (TPSA) is 55.5 Å². The van der Waals surface area contributed by atoms with Crippen molar-refractivity contribution in [1.82, 2.24) is 0 Å². The predicted octanol–water partition coefficient (Wildman–Crippen LogP) is 0.761. The number of carbonyl (C=O) groups is 1. The molecule has 3 heteroatoms. The molecular weight excluding hydrogens is 164 g/mol. The lowest BCUT2D eigenvalue weighted by Crippen LogP contribution is -2.13. The second-order valence-corrected chi connectivity index (χ2v) is 3.06. The van der Waals surface area contributed by atoms with Crippen LogP contribution in [0.15, 0.2) is 23.2 Å². The van der Waals surface area contributed by atoms with E-state index in [1.807, 2.05) is 18.3 Å². The molecule has 66 valence electrons. The summed E-state index contributed by atoms with van der Waals surface area (Å²) in [6.45, 7) is 0.801. The average Bonchev–Trinajstić information content (AvgIpc) is 2.17. The number of benzene rings is 1. The maximum atomic E-state index is 10.9. The highest BCUT2D eigenvalue weighted by molar-refractivity contribution is 5.94. The Labute approximate surface area is 76.3 Å². The van der Waals surface area contributed by atoms with Gasteiger partial charge in [0.05, 0.1) is 0 Å². The molecule has 2 N–H and O–H groups in total. The van der Waals surface area contributed by atoms with Crippen LogP contribution in [0.3, 0.4) is 0 Å². The van der Waals surface area contributed by atoms with E-state index in [4.69, 9.17) is 5.73 Å². The van der Waals surface area contributed by atoms with E-state index in [0.29, 0.717) is 5.56 Å². The maximum absolute atomic E-state index is 10.9. The van der Waals surface area contributed by atoms with Crippen molar-refractivity contribution in [1.29, 1.82) is 0 Å². The Morgan fingerprint density at radius 1 is 1.46 bits per heavy atom. The molecule has 0 spiro atoms. The Hall–Kier alpha value is -1.64. The van der Waals surface area contributed by atoms with Gasteiger partial charge < -0.3 is 5.73 Å². The van der Waals surface area contributed by atoms with Crippen LogP contribution in [-0.4, -0.2) is 18.7 Å². The van der Waals surface area contributed by atoms with Gasteiger partial charge in [-0.05, 0) is 29.7 Å². The first kappa shape index (κ1) is 7.98. The molecule has 0 saturated carbocycles. The second kappa shape index (κ2) is 3.01. The van der Waals surface area contributed by atoms with Gasteiger partial charge in [-0.2, -0.15) is 0 Å². The van der Waals surface area contributed by atoms with E-state index in [-0.39, 0.29) is 5.91 Å². The molecule has 0 radical (unpaired) electrons. The highest BCUT2D eigenvalue weighted by Crippen LogP contribution is 2.14. The highest BCUT2D eigenvalue weighted by Gasteiger charge is 2.07. The summed E-state index contributed by atoms with van der Waals surface area (Å²) in [6.07, 6.45) is 2.73. The summed E-state index contributed by atoms with van der Waals surface area (Å²) < 4.78 is 0. The monoisotopic (exact) mass is 174 g/mol. The van der Waals surface area contributed by atoms with Crippen molar-refractivity contribution < 1.29 is 4.79 Å². The van der Waals surface area contributed by atoms with Gasteiger partial charge in [0, 0.05) is 18.3 Å². The molecule has 1 aromatic carbocycles. The third-order valence-corrected chi connectivity index (χ3v) is 2.17. The number of hydrogen-bond acceptors (Lipinski definition) is 2. The molecule has 0 aliphatic carbocycles. The van der Waals surface area contributed by atoms with Gasteiger partial charge in [-0.1, -0.05) is 6.07 Å². The smallest absolute Gasteiger partial charge is 0.248 e. The zero-order chi connectivity index (χ0) is 9.26. The standard InChI is InChI=1S/C10H10N2O/c11-10(13)8-1-2-9-6-12-4-3-7(9)5-8/h1-2,5-6H,3-4H2,(H2,11,13). The van der Waals surface area contributed by atoms with Gasteiger partial charge in [-0.3, -0.25) is 9.79 Å². The van der Waals surface area contributed by atoms with E-state index in [2.05, 4.69) is 4.99 Å². The normalized spacial score (nSPS) is 13.8. The number of amides is 1. The number of fused-ring (bicyclic) bond motifs is 1. The molecule has 2 rings (SSSR count). The molecule has 0 bridgehead atoms. The molecule has 0 aromatic heterocycles. The predicted molar refractivity (Wildman–Crippen MR) is 51.1 cm³/mol. The number of rotatable bonds is 1. The molecule has 3 nitrogen and oxygen atoms in total. The molecule has 0 saturated heterocycles. The summed E-state index contributed by atoms with van der Waals surface area (Å²) in [4.78, 5) is 15.0. The number of hydrogen-bond donors (Lipinski definition) is 1. The van der Waals surface area contributed by atoms with Gasteiger partial charge >= 0.3 is 0 Å². The number of nitrogens with two attached hydrogens (primary N) is 1. The van der Waals surface area contributed by atoms with Crippen molar-refractivity contribution in [2.45, 2.75) is 6.42 Å². The summed E-state index contributed by atoms with van der Waals surface area (Å²) in [7, 11) is 0. The Morgan fingerprint density at radius 3 is 3.08 bits per heavy atom. The largest absolute Gasteiger partial charge is 0.366 e. The molecule has 0 atom stereocenters. The van der Waals surface area contributed by atoms with E-state index < -0.39 is 0 Å². The van der Waals surface area contributed by atoms with Crippen molar-refractivity contribution >= 4 is 12.1 Å². The Kier molecular flexibility index (Phi) is 1.85. The number of nitrogens with zero attached hydrogens (tertiary/aromatic N) is 1. The average molecular weight is 174 g/mol. The SMILES string of the molecule is NC(=O)c1ccc2c(c1)CCN=C2. The van der Waals surface area contributed by atoms with Crippen LogP contribution in [0.4, 0.5) is 0 Å². The molecule has 0 fully saturated rings. The zero-order valence-electron chi connectivity index (χ0n) is 7.16. The lowest BCUT2D eigenvalue weighted by Gasteiger charge is -2.09. The Bertz CT molecular complexity index is 383. The van der Waals surface area contributed by atoms with Gasteiger partial charge in [0.15, 0.2) is 0 Å². The third kappa shape index (κ3) is 1.45. The minimum absolute atomic E-state index is 0.370.